The van der Waals surface area contributed by atoms with Gasteiger partial charge in [0.1, 0.15) is 23.1 Å². The highest BCUT2D eigenvalue weighted by molar-refractivity contribution is 6.06. The summed E-state index contributed by atoms with van der Waals surface area (Å²) in [5.41, 5.74) is 1.52. The third-order valence-electron chi connectivity index (χ3n) is 6.77. The summed E-state index contributed by atoms with van der Waals surface area (Å²) in [6, 6.07) is 8.50. The molecule has 2 aromatic heterocycles. The minimum atomic E-state index is -2.80. The largest absolute Gasteiger partial charge is 0.349 e. The molecule has 2 aromatic carbocycles. The van der Waals surface area contributed by atoms with Crippen LogP contribution in [0, 0.1) is 11.6 Å². The molecule has 2 unspecified atom stereocenters. The molecule has 8 nitrogen and oxygen atoms in total. The number of nitrogens with one attached hydrogen (secondary N) is 2. The summed E-state index contributed by atoms with van der Waals surface area (Å²) in [5.74, 6) is -1.01. The average molecular weight is 539 g/mol. The summed E-state index contributed by atoms with van der Waals surface area (Å²) in [5, 5.41) is 9.16. The fourth-order valence-electron chi connectivity index (χ4n) is 4.91. The Morgan fingerprint density at radius 3 is 2.92 bits per heavy atom. The molecule has 4 aromatic rings. The van der Waals surface area contributed by atoms with Gasteiger partial charge in [0.25, 0.3) is 5.91 Å². The van der Waals surface area contributed by atoms with Crippen LogP contribution in [0.15, 0.2) is 60.9 Å². The number of benzene rings is 2. The predicted octanol–water partition coefficient (Wildman–Crippen LogP) is 4.40. The van der Waals surface area contributed by atoms with Gasteiger partial charge in [0.15, 0.2) is 5.65 Å². The maximum absolute atomic E-state index is 14.6. The number of amides is 1. The van der Waals surface area contributed by atoms with Crippen LogP contribution in [-0.4, -0.2) is 57.5 Å². The second-order valence-electron chi connectivity index (χ2n) is 9.47. The number of fused-ring (bicyclic) bond motifs is 1. The number of nitrogens with zero attached hydrogens (tertiary/aromatic N) is 5. The third-order valence-corrected chi connectivity index (χ3v) is 6.77. The molecule has 2 fully saturated rings. The lowest BCUT2D eigenvalue weighted by Gasteiger charge is -2.31. The number of aromatic nitrogens is 3. The highest BCUT2D eigenvalue weighted by atomic mass is 19.1. The van der Waals surface area contributed by atoms with Crippen molar-refractivity contribution < 1.29 is 23.2 Å². The molecule has 0 aliphatic carbocycles. The maximum Gasteiger partial charge on any atom is 0.255 e. The van der Waals surface area contributed by atoms with E-state index in [0.717, 1.165) is 25.5 Å². The fourth-order valence-corrected chi connectivity index (χ4v) is 4.91. The molecule has 6 rings (SSSR count). The monoisotopic (exact) mass is 538 g/mol. The van der Waals surface area contributed by atoms with Crippen molar-refractivity contribution in [2.75, 3.05) is 36.3 Å². The van der Waals surface area contributed by atoms with Gasteiger partial charge in [-0.3, -0.25) is 9.69 Å². The number of piperazine rings is 1. The number of hydrogen-bond donors (Lipinski definition) is 2. The topological polar surface area (TPSA) is 77.8 Å². The van der Waals surface area contributed by atoms with Gasteiger partial charge in [-0.15, -0.1) is 0 Å². The molecule has 2 aliphatic heterocycles. The fraction of sp³-hybridized carbons (Fsp3) is 0.345. The van der Waals surface area contributed by atoms with Crippen LogP contribution in [0.5, 0.6) is 0 Å². The number of rotatable bonds is 6. The van der Waals surface area contributed by atoms with E-state index in [-0.39, 0.29) is 17.7 Å². The van der Waals surface area contributed by atoms with Crippen LogP contribution in [-0.2, 0) is 6.54 Å². The van der Waals surface area contributed by atoms with E-state index in [0.29, 0.717) is 40.6 Å². The summed E-state index contributed by atoms with van der Waals surface area (Å²) in [4.78, 5) is 20.5. The van der Waals surface area contributed by atoms with Gasteiger partial charge < -0.3 is 15.5 Å². The van der Waals surface area contributed by atoms with Crippen molar-refractivity contribution in [3.63, 3.8) is 0 Å². The lowest BCUT2D eigenvalue weighted by molar-refractivity contribution is 0.102. The van der Waals surface area contributed by atoms with Gasteiger partial charge in [-0.2, -0.15) is 5.10 Å². The van der Waals surface area contributed by atoms with Crippen molar-refractivity contribution in [2.45, 2.75) is 38.4 Å². The smallest absolute Gasteiger partial charge is 0.255 e. The van der Waals surface area contributed by atoms with E-state index in [1.54, 1.807) is 12.3 Å². The standard InChI is InChI=1S/C29H31F2N7O/c1-19-17-36(14-11-32-19)18-20-4-6-21(7-5-20)29(39)34-25-16-33-38-13-10-27(35-28(25)38)37-12-2-3-26(37)23-15-22(30)8-9-24(23)31/h4-10,13,15-16,19,26,32H,2-3,11-12,14,17-18H2,1H3,(H,34,39)/i11D2,14D2,17D2,19D. The summed E-state index contributed by atoms with van der Waals surface area (Å²) in [6.07, 6.45) is 4.47. The van der Waals surface area contributed by atoms with E-state index in [9.17, 15) is 13.6 Å². The zero-order valence-corrected chi connectivity index (χ0v) is 21.1. The highest BCUT2D eigenvalue weighted by Gasteiger charge is 2.30. The van der Waals surface area contributed by atoms with Crippen molar-refractivity contribution in [3.8, 4) is 0 Å². The van der Waals surface area contributed by atoms with Gasteiger partial charge in [0.05, 0.1) is 12.2 Å². The maximum atomic E-state index is 14.6. The second-order valence-corrected chi connectivity index (χ2v) is 9.47. The molecule has 39 heavy (non-hydrogen) atoms. The summed E-state index contributed by atoms with van der Waals surface area (Å²) >= 11 is 0. The SMILES string of the molecule is [2H]C1([2H])NC([2H])(C)C([2H])([2H])N(Cc2ccc(C(=O)Nc3cnn4ccc(N5CCCC5c5cc(F)ccc5F)nc34)cc2)C1([2H])[2H]. The summed E-state index contributed by atoms with van der Waals surface area (Å²) in [6.45, 7) is -6.75. The Morgan fingerprint density at radius 2 is 2.08 bits per heavy atom. The van der Waals surface area contributed by atoms with E-state index in [2.05, 4.69) is 20.7 Å². The molecule has 4 heterocycles. The molecule has 0 bridgehead atoms. The summed E-state index contributed by atoms with van der Waals surface area (Å²) < 4.78 is 88.0. The molecule has 0 saturated carbocycles. The van der Waals surface area contributed by atoms with Gasteiger partial charge in [0.2, 0.25) is 0 Å². The molecule has 202 valence electrons. The number of anilines is 2. The second kappa shape index (κ2) is 10.7. The van der Waals surface area contributed by atoms with E-state index >= 15 is 0 Å². The van der Waals surface area contributed by atoms with Gasteiger partial charge in [-0.25, -0.2) is 18.3 Å². The molecular formula is C29H31F2N7O. The Balaban J connectivity index is 1.20. The molecule has 2 atom stereocenters. The van der Waals surface area contributed by atoms with Crippen LogP contribution in [0.25, 0.3) is 5.65 Å². The molecule has 0 spiro atoms. The van der Waals surface area contributed by atoms with Crippen molar-refractivity contribution in [1.29, 1.82) is 0 Å². The molecular weight excluding hydrogens is 500 g/mol. The van der Waals surface area contributed by atoms with E-state index in [4.69, 9.17) is 9.60 Å². The van der Waals surface area contributed by atoms with Gasteiger partial charge in [-0.1, -0.05) is 12.1 Å². The molecule has 0 radical (unpaired) electrons. The predicted molar refractivity (Wildman–Crippen MR) is 146 cm³/mol. The zero-order valence-electron chi connectivity index (χ0n) is 28.1. The van der Waals surface area contributed by atoms with E-state index < -0.39 is 49.1 Å². The van der Waals surface area contributed by atoms with E-state index in [1.165, 1.54) is 41.0 Å². The van der Waals surface area contributed by atoms with Crippen molar-refractivity contribution >= 4 is 23.1 Å². The first-order chi connectivity index (χ1) is 21.5. The highest BCUT2D eigenvalue weighted by Crippen LogP contribution is 2.37. The first kappa shape index (κ1) is 18.4. The first-order valence-electron chi connectivity index (χ1n) is 16.1. The average Bonchev–Trinajstić information content (AvgIpc) is 3.63. The van der Waals surface area contributed by atoms with Crippen molar-refractivity contribution in [3.05, 3.63) is 89.2 Å². The normalized spacial score (nSPS) is 28.4. The first-order valence-corrected chi connectivity index (χ1v) is 12.6. The molecule has 10 heteroatoms. The Bertz CT molecular complexity index is 1780. The minimum Gasteiger partial charge on any atom is -0.349 e. The van der Waals surface area contributed by atoms with Crippen LogP contribution in [0.2, 0.25) is 0 Å². The van der Waals surface area contributed by atoms with Crippen LogP contribution in [0.3, 0.4) is 0 Å². The zero-order chi connectivity index (χ0) is 33.2. The van der Waals surface area contributed by atoms with Gasteiger partial charge >= 0.3 is 0 Å². The van der Waals surface area contributed by atoms with Crippen molar-refractivity contribution in [1.82, 2.24) is 24.8 Å². The van der Waals surface area contributed by atoms with Crippen LogP contribution < -0.4 is 15.5 Å². The quantitative estimate of drug-likeness (QED) is 0.379. The summed E-state index contributed by atoms with van der Waals surface area (Å²) in [7, 11) is 0. The lowest BCUT2D eigenvalue weighted by atomic mass is 10.0. The molecule has 2 aliphatic rings. The Morgan fingerprint density at radius 1 is 1.23 bits per heavy atom. The molecule has 2 saturated heterocycles. The van der Waals surface area contributed by atoms with Crippen LogP contribution >= 0.6 is 0 Å². The van der Waals surface area contributed by atoms with Crippen LogP contribution in [0.4, 0.5) is 20.3 Å². The van der Waals surface area contributed by atoms with Gasteiger partial charge in [0, 0.05) is 65.5 Å². The number of carbonyl (C=O) groups is 1. The molecule has 1 amide bonds. The van der Waals surface area contributed by atoms with Gasteiger partial charge in [-0.05, 0) is 61.7 Å². The lowest BCUT2D eigenvalue weighted by Crippen LogP contribution is -2.48. The third kappa shape index (κ3) is 5.35. The number of carbonyl (C=O) groups excluding carboxylic acids is 1. The van der Waals surface area contributed by atoms with Crippen molar-refractivity contribution in [2.24, 2.45) is 0 Å². The van der Waals surface area contributed by atoms with Crippen LogP contribution in [0.1, 0.15) is 56.9 Å². The number of hydrogen-bond acceptors (Lipinski definition) is 6. The Kier molecular flexibility index (Phi) is 5.05. The minimum absolute atomic E-state index is 0.229. The molecule has 2 N–H and O–H groups in total. The van der Waals surface area contributed by atoms with E-state index in [1.807, 2.05) is 4.90 Å². The Hall–Kier alpha value is -3.89. The Labute approximate surface area is 235 Å². The number of halogens is 2.